The average Bonchev–Trinajstić information content (AvgIpc) is 3.21. The minimum atomic E-state index is -0.495. The highest BCUT2D eigenvalue weighted by molar-refractivity contribution is 6.06. The first-order valence-corrected chi connectivity index (χ1v) is 10.1. The molecular formula is C24H25N5O2. The Balaban J connectivity index is 1.78. The van der Waals surface area contributed by atoms with E-state index in [1.54, 1.807) is 10.8 Å². The summed E-state index contributed by atoms with van der Waals surface area (Å²) in [6.45, 7) is 9.96. The zero-order valence-corrected chi connectivity index (χ0v) is 17.8. The molecule has 3 aromatic rings. The molecule has 0 spiro atoms. The van der Waals surface area contributed by atoms with Gasteiger partial charge < -0.3 is 15.4 Å². The predicted octanol–water partition coefficient (Wildman–Crippen LogP) is 4.39. The smallest absolute Gasteiger partial charge is 0.255 e. The Kier molecular flexibility index (Phi) is 5.58. The second-order valence-corrected chi connectivity index (χ2v) is 7.50. The molecule has 2 aromatic carbocycles. The summed E-state index contributed by atoms with van der Waals surface area (Å²) in [5.41, 5.74) is 5.00. The lowest BCUT2D eigenvalue weighted by molar-refractivity contribution is -0.113. The predicted molar refractivity (Wildman–Crippen MR) is 121 cm³/mol. The lowest BCUT2D eigenvalue weighted by atomic mass is 9.94. The zero-order valence-electron chi connectivity index (χ0n) is 17.8. The SMILES string of the molecule is C=CCOc1ccccc1[C@H]1C(C(=O)Nc2ccc(C)cc2C)=C(C)Nc2ncnn21. The van der Waals surface area contributed by atoms with Crippen LogP contribution in [0.15, 0.2) is 72.7 Å². The van der Waals surface area contributed by atoms with Crippen molar-refractivity contribution in [3.8, 4) is 5.75 Å². The van der Waals surface area contributed by atoms with Crippen LogP contribution in [0.1, 0.15) is 29.7 Å². The van der Waals surface area contributed by atoms with Gasteiger partial charge in [-0.15, -0.1) is 0 Å². The van der Waals surface area contributed by atoms with Crippen molar-refractivity contribution in [1.82, 2.24) is 14.8 Å². The molecule has 1 atom stereocenters. The number of hydrogen-bond acceptors (Lipinski definition) is 5. The number of nitrogens with one attached hydrogen (secondary N) is 2. The number of carbonyl (C=O) groups excluding carboxylic acids is 1. The second kappa shape index (κ2) is 8.47. The van der Waals surface area contributed by atoms with Gasteiger partial charge in [0.2, 0.25) is 5.95 Å². The minimum Gasteiger partial charge on any atom is -0.489 e. The first-order chi connectivity index (χ1) is 15.0. The Morgan fingerprint density at radius 2 is 2.06 bits per heavy atom. The van der Waals surface area contributed by atoms with Crippen LogP contribution in [0.5, 0.6) is 5.75 Å². The fraction of sp³-hybridized carbons (Fsp3) is 0.208. The molecule has 7 nitrogen and oxygen atoms in total. The maximum Gasteiger partial charge on any atom is 0.255 e. The van der Waals surface area contributed by atoms with Gasteiger partial charge in [-0.3, -0.25) is 4.79 Å². The van der Waals surface area contributed by atoms with Crippen molar-refractivity contribution in [3.05, 3.63) is 89.4 Å². The van der Waals surface area contributed by atoms with Gasteiger partial charge in [0.15, 0.2) is 0 Å². The second-order valence-electron chi connectivity index (χ2n) is 7.50. The number of aryl methyl sites for hydroxylation is 2. The van der Waals surface area contributed by atoms with E-state index in [9.17, 15) is 4.79 Å². The van der Waals surface area contributed by atoms with E-state index in [0.717, 1.165) is 22.4 Å². The summed E-state index contributed by atoms with van der Waals surface area (Å²) in [4.78, 5) is 17.8. The molecule has 2 heterocycles. The molecule has 0 radical (unpaired) electrons. The van der Waals surface area contributed by atoms with Gasteiger partial charge in [0.05, 0.1) is 5.57 Å². The molecule has 1 aliphatic rings. The molecule has 4 rings (SSSR count). The molecule has 0 saturated heterocycles. The van der Waals surface area contributed by atoms with Gasteiger partial charge in [-0.2, -0.15) is 10.1 Å². The topological polar surface area (TPSA) is 81.1 Å². The van der Waals surface area contributed by atoms with E-state index in [1.807, 2.05) is 63.2 Å². The number of allylic oxidation sites excluding steroid dienone is 1. The number of hydrogen-bond donors (Lipinski definition) is 2. The molecule has 1 aromatic heterocycles. The van der Waals surface area contributed by atoms with Crippen LogP contribution in [0.3, 0.4) is 0 Å². The van der Waals surface area contributed by atoms with Gasteiger partial charge in [0, 0.05) is 16.9 Å². The molecule has 0 aliphatic carbocycles. The van der Waals surface area contributed by atoms with Gasteiger partial charge in [-0.25, -0.2) is 4.68 Å². The summed E-state index contributed by atoms with van der Waals surface area (Å²) in [6, 6.07) is 13.1. The molecule has 1 amide bonds. The highest BCUT2D eigenvalue weighted by Crippen LogP contribution is 2.39. The van der Waals surface area contributed by atoms with Gasteiger partial charge in [0.1, 0.15) is 24.7 Å². The van der Waals surface area contributed by atoms with Crippen LogP contribution in [-0.4, -0.2) is 27.3 Å². The fourth-order valence-electron chi connectivity index (χ4n) is 3.80. The number of para-hydroxylation sites is 1. The Hall–Kier alpha value is -3.87. The van der Waals surface area contributed by atoms with Crippen molar-refractivity contribution < 1.29 is 9.53 Å². The maximum absolute atomic E-state index is 13.5. The number of benzene rings is 2. The summed E-state index contributed by atoms with van der Waals surface area (Å²) in [6.07, 6.45) is 3.16. The number of amides is 1. The molecule has 2 N–H and O–H groups in total. The number of ether oxygens (including phenoxy) is 1. The summed E-state index contributed by atoms with van der Waals surface area (Å²) in [5.74, 6) is 1.03. The van der Waals surface area contributed by atoms with Crippen molar-refractivity contribution in [2.45, 2.75) is 26.8 Å². The molecule has 0 unspecified atom stereocenters. The van der Waals surface area contributed by atoms with Crippen LogP contribution in [0.25, 0.3) is 0 Å². The lowest BCUT2D eigenvalue weighted by Gasteiger charge is -2.29. The molecule has 158 valence electrons. The number of carbonyl (C=O) groups is 1. The van der Waals surface area contributed by atoms with Crippen molar-refractivity contribution in [3.63, 3.8) is 0 Å². The Morgan fingerprint density at radius 1 is 1.26 bits per heavy atom. The van der Waals surface area contributed by atoms with Gasteiger partial charge in [0.25, 0.3) is 5.91 Å². The van der Waals surface area contributed by atoms with Crippen molar-refractivity contribution in [1.29, 1.82) is 0 Å². The number of fused-ring (bicyclic) bond motifs is 1. The third-order valence-electron chi connectivity index (χ3n) is 5.24. The molecular weight excluding hydrogens is 390 g/mol. The Labute approximate surface area is 181 Å². The van der Waals surface area contributed by atoms with E-state index >= 15 is 0 Å². The standard InChI is InChI=1S/C24H25N5O2/c1-5-12-31-20-9-7-6-8-18(20)22-21(17(4)27-24-25-14-26-29(22)24)23(30)28-19-11-10-15(2)13-16(19)3/h5-11,13-14,22H,1,12H2,2-4H3,(H,28,30)(H,25,26,27)/t22-/m0/s1. The van der Waals surface area contributed by atoms with Gasteiger partial charge >= 0.3 is 0 Å². The Bertz CT molecular complexity index is 1180. The van der Waals surface area contributed by atoms with Crippen LogP contribution in [0, 0.1) is 13.8 Å². The van der Waals surface area contributed by atoms with E-state index < -0.39 is 6.04 Å². The van der Waals surface area contributed by atoms with E-state index in [0.29, 0.717) is 29.6 Å². The largest absolute Gasteiger partial charge is 0.489 e. The first kappa shape index (κ1) is 20.4. The fourth-order valence-corrected chi connectivity index (χ4v) is 3.80. The van der Waals surface area contributed by atoms with E-state index in [-0.39, 0.29) is 5.91 Å². The lowest BCUT2D eigenvalue weighted by Crippen LogP contribution is -2.32. The number of rotatable bonds is 6. The highest BCUT2D eigenvalue weighted by atomic mass is 16.5. The highest BCUT2D eigenvalue weighted by Gasteiger charge is 2.35. The normalized spacial score (nSPS) is 15.1. The molecule has 0 fully saturated rings. The van der Waals surface area contributed by atoms with E-state index in [1.165, 1.54) is 6.33 Å². The van der Waals surface area contributed by atoms with Crippen LogP contribution < -0.4 is 15.4 Å². The van der Waals surface area contributed by atoms with Crippen molar-refractivity contribution >= 4 is 17.5 Å². The quantitative estimate of drug-likeness (QED) is 0.584. The Morgan fingerprint density at radius 3 is 2.84 bits per heavy atom. The van der Waals surface area contributed by atoms with E-state index in [2.05, 4.69) is 27.3 Å². The maximum atomic E-state index is 13.5. The first-order valence-electron chi connectivity index (χ1n) is 10.1. The third-order valence-corrected chi connectivity index (χ3v) is 5.24. The van der Waals surface area contributed by atoms with Gasteiger partial charge in [-0.1, -0.05) is 48.6 Å². The minimum absolute atomic E-state index is 0.207. The summed E-state index contributed by atoms with van der Waals surface area (Å²) in [7, 11) is 0. The average molecular weight is 415 g/mol. The van der Waals surface area contributed by atoms with Crippen LogP contribution in [-0.2, 0) is 4.79 Å². The molecule has 1 aliphatic heterocycles. The number of anilines is 2. The zero-order chi connectivity index (χ0) is 22.0. The monoisotopic (exact) mass is 415 g/mol. The van der Waals surface area contributed by atoms with Crippen molar-refractivity contribution in [2.24, 2.45) is 0 Å². The van der Waals surface area contributed by atoms with Crippen LogP contribution >= 0.6 is 0 Å². The summed E-state index contributed by atoms with van der Waals surface area (Å²) in [5, 5.41) is 10.7. The van der Waals surface area contributed by atoms with Crippen LogP contribution in [0.4, 0.5) is 11.6 Å². The van der Waals surface area contributed by atoms with Crippen LogP contribution in [0.2, 0.25) is 0 Å². The van der Waals surface area contributed by atoms with Crippen molar-refractivity contribution in [2.75, 3.05) is 17.2 Å². The molecule has 0 bridgehead atoms. The summed E-state index contributed by atoms with van der Waals surface area (Å²) >= 11 is 0. The molecule has 0 saturated carbocycles. The summed E-state index contributed by atoms with van der Waals surface area (Å²) < 4.78 is 7.60. The van der Waals surface area contributed by atoms with E-state index in [4.69, 9.17) is 4.74 Å². The molecule has 31 heavy (non-hydrogen) atoms. The molecule has 7 heteroatoms. The van der Waals surface area contributed by atoms with Gasteiger partial charge in [-0.05, 0) is 38.5 Å². The number of aromatic nitrogens is 3. The number of nitrogens with zero attached hydrogens (tertiary/aromatic N) is 3. The third kappa shape index (κ3) is 3.94.